The Morgan fingerprint density at radius 2 is 1.67 bits per heavy atom. The van der Waals surface area contributed by atoms with Gasteiger partial charge >= 0.3 is 12.1 Å². The van der Waals surface area contributed by atoms with Crippen molar-refractivity contribution in [2.75, 3.05) is 11.9 Å². The molecule has 0 atom stereocenters. The monoisotopic (exact) mass is 440 g/mol. The molecule has 0 saturated carbocycles. The number of carbonyl (C=O) groups is 2. The van der Waals surface area contributed by atoms with Crippen LogP contribution >= 0.6 is 0 Å². The Kier molecular flexibility index (Phi) is 5.32. The van der Waals surface area contributed by atoms with Crippen molar-refractivity contribution in [3.8, 4) is 11.1 Å². The Morgan fingerprint density at radius 3 is 2.36 bits per heavy atom. The summed E-state index contributed by atoms with van der Waals surface area (Å²) in [5, 5.41) is 15.9. The number of carboxylic acids is 1. The number of hydrogen-bond acceptors (Lipinski definition) is 5. The highest BCUT2D eigenvalue weighted by Gasteiger charge is 2.29. The molecule has 1 aromatic heterocycles. The number of nitrogens with one attached hydrogen (secondary N) is 1. The van der Waals surface area contributed by atoms with E-state index in [1.807, 2.05) is 24.3 Å². The molecule has 4 aromatic rings. The minimum Gasteiger partial charge on any atom is -0.478 e. The predicted octanol–water partition coefficient (Wildman–Crippen LogP) is 4.39. The minimum absolute atomic E-state index is 0.0322. The van der Waals surface area contributed by atoms with Gasteiger partial charge in [-0.1, -0.05) is 60.7 Å². The molecule has 0 spiro atoms. The van der Waals surface area contributed by atoms with Gasteiger partial charge in [-0.3, -0.25) is 5.32 Å². The zero-order valence-corrected chi connectivity index (χ0v) is 17.5. The van der Waals surface area contributed by atoms with Crippen molar-refractivity contribution in [1.82, 2.24) is 14.8 Å². The number of benzene rings is 3. The van der Waals surface area contributed by atoms with E-state index < -0.39 is 12.1 Å². The maximum atomic E-state index is 12.4. The lowest BCUT2D eigenvalue weighted by molar-refractivity contribution is 0.0696. The summed E-state index contributed by atoms with van der Waals surface area (Å²) in [6.45, 7) is 0.517. The van der Waals surface area contributed by atoms with Gasteiger partial charge in [-0.15, -0.1) is 5.10 Å². The van der Waals surface area contributed by atoms with Crippen molar-refractivity contribution in [3.63, 3.8) is 0 Å². The topological polar surface area (TPSA) is 106 Å². The fourth-order valence-corrected chi connectivity index (χ4v) is 4.14. The Morgan fingerprint density at radius 1 is 0.970 bits per heavy atom. The molecule has 1 aliphatic rings. The van der Waals surface area contributed by atoms with Gasteiger partial charge in [0.25, 0.3) is 5.95 Å². The number of anilines is 1. The lowest BCUT2D eigenvalue weighted by Crippen LogP contribution is -2.18. The molecule has 3 aromatic carbocycles. The molecular formula is C25H20N4O4. The van der Waals surface area contributed by atoms with Crippen molar-refractivity contribution in [2.45, 2.75) is 12.5 Å². The molecule has 1 amide bonds. The van der Waals surface area contributed by atoms with Crippen molar-refractivity contribution in [1.29, 1.82) is 0 Å². The van der Waals surface area contributed by atoms with Crippen LogP contribution in [0.3, 0.4) is 0 Å². The van der Waals surface area contributed by atoms with E-state index in [0.717, 1.165) is 27.8 Å². The number of carboxylic acid groups (broad SMARTS) is 1. The van der Waals surface area contributed by atoms with Gasteiger partial charge < -0.3 is 9.84 Å². The van der Waals surface area contributed by atoms with Crippen LogP contribution in [0.2, 0.25) is 0 Å². The number of aromatic carboxylic acids is 1. The molecule has 0 bridgehead atoms. The largest absolute Gasteiger partial charge is 0.478 e. The van der Waals surface area contributed by atoms with Gasteiger partial charge in [-0.05, 0) is 39.9 Å². The van der Waals surface area contributed by atoms with Crippen LogP contribution < -0.4 is 5.32 Å². The van der Waals surface area contributed by atoms with Crippen LogP contribution in [-0.4, -0.2) is 38.5 Å². The van der Waals surface area contributed by atoms with E-state index in [2.05, 4.69) is 39.7 Å². The highest BCUT2D eigenvalue weighted by Crippen LogP contribution is 2.44. The highest BCUT2D eigenvalue weighted by atomic mass is 16.5. The molecule has 0 saturated heterocycles. The second-order valence-electron chi connectivity index (χ2n) is 7.72. The Balaban J connectivity index is 1.22. The zero-order valence-electron chi connectivity index (χ0n) is 17.5. The molecule has 1 heterocycles. The van der Waals surface area contributed by atoms with Crippen LogP contribution in [0.15, 0.2) is 79.1 Å². The number of fused-ring (bicyclic) bond motifs is 3. The van der Waals surface area contributed by atoms with E-state index in [1.54, 1.807) is 18.2 Å². The number of nitrogens with zero attached hydrogens (tertiary/aromatic N) is 3. The number of amides is 1. The maximum Gasteiger partial charge on any atom is 0.414 e. The first-order valence-electron chi connectivity index (χ1n) is 10.4. The second-order valence-corrected chi connectivity index (χ2v) is 7.72. The van der Waals surface area contributed by atoms with Crippen molar-refractivity contribution >= 4 is 18.0 Å². The predicted molar refractivity (Wildman–Crippen MR) is 121 cm³/mol. The molecule has 164 valence electrons. The fraction of sp³-hybridized carbons (Fsp3) is 0.120. The number of carbonyl (C=O) groups excluding carboxylic acids is 1. The summed E-state index contributed by atoms with van der Waals surface area (Å²) in [7, 11) is 0. The molecule has 1 aliphatic carbocycles. The SMILES string of the molecule is O=C(Nc1ncn(Cc2cccc(C(=O)O)c2)n1)OCC1c2ccccc2-c2ccccc21. The lowest BCUT2D eigenvalue weighted by Gasteiger charge is -2.13. The Bertz CT molecular complexity index is 1300. The van der Waals surface area contributed by atoms with E-state index in [4.69, 9.17) is 9.84 Å². The van der Waals surface area contributed by atoms with E-state index in [0.29, 0.717) is 6.54 Å². The minimum atomic E-state index is -0.993. The van der Waals surface area contributed by atoms with Crippen LogP contribution in [0, 0.1) is 0 Å². The number of ether oxygens (including phenoxy) is 1. The van der Waals surface area contributed by atoms with Crippen LogP contribution in [0.4, 0.5) is 10.7 Å². The summed E-state index contributed by atoms with van der Waals surface area (Å²) in [5.41, 5.74) is 5.55. The van der Waals surface area contributed by atoms with E-state index >= 15 is 0 Å². The maximum absolute atomic E-state index is 12.4. The average Bonchev–Trinajstić information content (AvgIpc) is 3.39. The number of aromatic nitrogens is 3. The molecule has 0 fully saturated rings. The first-order valence-corrected chi connectivity index (χ1v) is 10.4. The van der Waals surface area contributed by atoms with E-state index in [-0.39, 0.29) is 24.0 Å². The summed E-state index contributed by atoms with van der Waals surface area (Å²) in [4.78, 5) is 27.6. The second kappa shape index (κ2) is 8.58. The first-order chi connectivity index (χ1) is 16.1. The molecule has 8 heteroatoms. The summed E-state index contributed by atoms with van der Waals surface area (Å²) in [5.74, 6) is -0.912. The number of hydrogen-bond donors (Lipinski definition) is 2. The summed E-state index contributed by atoms with van der Waals surface area (Å²) in [6, 6.07) is 22.8. The third-order valence-electron chi connectivity index (χ3n) is 5.61. The van der Waals surface area contributed by atoms with Gasteiger partial charge in [0, 0.05) is 5.92 Å². The third-order valence-corrected chi connectivity index (χ3v) is 5.61. The zero-order chi connectivity index (χ0) is 22.8. The Hall–Kier alpha value is -4.46. The fourth-order valence-electron chi connectivity index (χ4n) is 4.14. The molecule has 8 nitrogen and oxygen atoms in total. The standard InChI is InChI=1S/C25H20N4O4/c30-23(31)17-7-5-6-16(12-17)13-29-15-26-24(28-29)27-25(32)33-14-22-20-10-3-1-8-18(20)19-9-2-4-11-21(19)22/h1-12,15,22H,13-14H2,(H,30,31)(H,27,28,32). The lowest BCUT2D eigenvalue weighted by atomic mass is 9.98. The smallest absolute Gasteiger partial charge is 0.414 e. The van der Waals surface area contributed by atoms with Gasteiger partial charge in [0.15, 0.2) is 0 Å². The van der Waals surface area contributed by atoms with Gasteiger partial charge in [-0.25, -0.2) is 19.3 Å². The average molecular weight is 440 g/mol. The molecule has 0 radical (unpaired) electrons. The van der Waals surface area contributed by atoms with Crippen LogP contribution in [0.5, 0.6) is 0 Å². The Labute approximate surface area is 189 Å². The van der Waals surface area contributed by atoms with Gasteiger partial charge in [0.1, 0.15) is 12.9 Å². The molecular weight excluding hydrogens is 420 g/mol. The molecule has 2 N–H and O–H groups in total. The first kappa shape index (κ1) is 20.4. The summed E-state index contributed by atoms with van der Waals surface area (Å²) in [6.07, 6.45) is 0.828. The van der Waals surface area contributed by atoms with Crippen LogP contribution in [0.25, 0.3) is 11.1 Å². The van der Waals surface area contributed by atoms with Crippen LogP contribution in [0.1, 0.15) is 33.0 Å². The van der Waals surface area contributed by atoms with E-state index in [9.17, 15) is 9.59 Å². The molecule has 0 unspecified atom stereocenters. The van der Waals surface area contributed by atoms with Crippen LogP contribution in [-0.2, 0) is 11.3 Å². The highest BCUT2D eigenvalue weighted by molar-refractivity contribution is 5.87. The quantitative estimate of drug-likeness (QED) is 0.461. The van der Waals surface area contributed by atoms with Crippen molar-refractivity contribution in [3.05, 3.63) is 101 Å². The molecule has 0 aliphatic heterocycles. The van der Waals surface area contributed by atoms with Gasteiger partial charge in [-0.2, -0.15) is 0 Å². The summed E-state index contributed by atoms with van der Waals surface area (Å²) < 4.78 is 7.02. The molecule has 33 heavy (non-hydrogen) atoms. The number of rotatable bonds is 6. The third kappa shape index (κ3) is 4.18. The van der Waals surface area contributed by atoms with Gasteiger partial charge in [0.05, 0.1) is 12.1 Å². The normalized spacial score (nSPS) is 12.1. The van der Waals surface area contributed by atoms with Gasteiger partial charge in [0.2, 0.25) is 0 Å². The van der Waals surface area contributed by atoms with Crippen molar-refractivity contribution in [2.24, 2.45) is 0 Å². The summed E-state index contributed by atoms with van der Waals surface area (Å²) >= 11 is 0. The molecule has 5 rings (SSSR count). The van der Waals surface area contributed by atoms with Crippen molar-refractivity contribution < 1.29 is 19.4 Å². The van der Waals surface area contributed by atoms with E-state index in [1.165, 1.54) is 17.1 Å².